The number of hydrogen-bond acceptors (Lipinski definition) is 4. The second-order valence-corrected chi connectivity index (χ2v) is 8.04. The minimum Gasteiger partial charge on any atom is -0.490 e. The van der Waals surface area contributed by atoms with Gasteiger partial charge in [-0.15, -0.1) is 11.3 Å². The fraction of sp³-hybridized carbons (Fsp3) is 0.368. The summed E-state index contributed by atoms with van der Waals surface area (Å²) in [4.78, 5) is 19.6. The molecule has 1 aliphatic rings. The van der Waals surface area contributed by atoms with Gasteiger partial charge in [-0.25, -0.2) is 4.98 Å². The number of para-hydroxylation sites is 1. The van der Waals surface area contributed by atoms with E-state index >= 15 is 0 Å². The van der Waals surface area contributed by atoms with Crippen molar-refractivity contribution in [3.8, 4) is 5.75 Å². The molecule has 1 aromatic carbocycles. The molecule has 0 amide bonds. The van der Waals surface area contributed by atoms with Crippen LogP contribution in [0.15, 0.2) is 35.4 Å². The zero-order valence-electron chi connectivity index (χ0n) is 14.0. The summed E-state index contributed by atoms with van der Waals surface area (Å²) < 4.78 is 7.34. The normalized spacial score (nSPS) is 16.8. The van der Waals surface area contributed by atoms with Gasteiger partial charge in [0.1, 0.15) is 17.2 Å². The smallest absolute Gasteiger partial charge is 0.262 e. The first-order valence-corrected chi connectivity index (χ1v) is 9.70. The monoisotopic (exact) mass is 374 g/mol. The molecule has 2 heterocycles. The van der Waals surface area contributed by atoms with E-state index in [1.165, 1.54) is 10.4 Å². The largest absolute Gasteiger partial charge is 0.490 e. The lowest BCUT2D eigenvalue weighted by atomic mass is 9.89. The molecule has 0 bridgehead atoms. The van der Waals surface area contributed by atoms with Gasteiger partial charge in [0.2, 0.25) is 0 Å². The Hall–Kier alpha value is -1.85. The molecule has 0 N–H and O–H groups in total. The van der Waals surface area contributed by atoms with E-state index in [2.05, 4.69) is 11.9 Å². The number of aryl methyl sites for hydroxylation is 1. The van der Waals surface area contributed by atoms with Crippen LogP contribution in [-0.4, -0.2) is 16.2 Å². The Morgan fingerprint density at radius 2 is 2.24 bits per heavy atom. The Labute approximate surface area is 155 Å². The Morgan fingerprint density at radius 1 is 1.40 bits per heavy atom. The van der Waals surface area contributed by atoms with Crippen molar-refractivity contribution in [3.63, 3.8) is 0 Å². The lowest BCUT2D eigenvalue weighted by Gasteiger charge is -2.17. The van der Waals surface area contributed by atoms with Crippen molar-refractivity contribution in [2.24, 2.45) is 5.92 Å². The first kappa shape index (κ1) is 16.6. The van der Waals surface area contributed by atoms with Crippen molar-refractivity contribution in [1.29, 1.82) is 0 Å². The van der Waals surface area contributed by atoms with E-state index in [1.807, 2.05) is 18.2 Å². The lowest BCUT2D eigenvalue weighted by Crippen LogP contribution is -2.24. The number of rotatable bonds is 4. The van der Waals surface area contributed by atoms with E-state index in [1.54, 1.807) is 28.3 Å². The fourth-order valence-electron chi connectivity index (χ4n) is 3.34. The van der Waals surface area contributed by atoms with Crippen molar-refractivity contribution in [3.05, 3.63) is 56.4 Å². The van der Waals surface area contributed by atoms with Crippen LogP contribution in [0.2, 0.25) is 5.02 Å². The Balaban J connectivity index is 1.57. The molecule has 1 aliphatic carbocycles. The molecular formula is C19H19ClN2O2S. The van der Waals surface area contributed by atoms with Gasteiger partial charge in [0.05, 0.1) is 23.3 Å². The van der Waals surface area contributed by atoms with Crippen molar-refractivity contribution < 1.29 is 4.74 Å². The van der Waals surface area contributed by atoms with Crippen LogP contribution in [0.5, 0.6) is 5.75 Å². The van der Waals surface area contributed by atoms with Gasteiger partial charge in [0.25, 0.3) is 5.56 Å². The molecule has 4 nitrogen and oxygen atoms in total. The summed E-state index contributed by atoms with van der Waals surface area (Å²) in [6.07, 6.45) is 4.81. The summed E-state index contributed by atoms with van der Waals surface area (Å²) in [5.74, 6) is 1.32. The number of ether oxygens (including phenoxy) is 1. The summed E-state index contributed by atoms with van der Waals surface area (Å²) in [5.41, 5.74) is 1.26. The molecule has 0 spiro atoms. The maximum absolute atomic E-state index is 12.9. The SMILES string of the molecule is C[C@@H]1CCc2c(sc3ncn(CCOc4ccccc4Cl)c(=O)c23)C1. The minimum absolute atomic E-state index is 0.0415. The second kappa shape index (κ2) is 6.81. The molecule has 0 saturated carbocycles. The van der Waals surface area contributed by atoms with Crippen LogP contribution in [0.4, 0.5) is 0 Å². The lowest BCUT2D eigenvalue weighted by molar-refractivity contribution is 0.296. The van der Waals surface area contributed by atoms with Gasteiger partial charge in [0, 0.05) is 4.88 Å². The van der Waals surface area contributed by atoms with E-state index in [-0.39, 0.29) is 5.56 Å². The van der Waals surface area contributed by atoms with E-state index < -0.39 is 0 Å². The predicted octanol–water partition coefficient (Wildman–Crippen LogP) is 4.32. The molecule has 1 atom stereocenters. The van der Waals surface area contributed by atoms with E-state index in [4.69, 9.17) is 16.3 Å². The number of halogens is 1. The van der Waals surface area contributed by atoms with Crippen molar-refractivity contribution in [1.82, 2.24) is 9.55 Å². The maximum Gasteiger partial charge on any atom is 0.262 e. The molecule has 0 aliphatic heterocycles. The van der Waals surface area contributed by atoms with Crippen LogP contribution >= 0.6 is 22.9 Å². The first-order valence-electron chi connectivity index (χ1n) is 8.50. The van der Waals surface area contributed by atoms with Gasteiger partial charge in [-0.3, -0.25) is 9.36 Å². The number of thiophene rings is 1. The number of benzene rings is 1. The molecule has 0 unspecified atom stereocenters. The van der Waals surface area contributed by atoms with Gasteiger partial charge < -0.3 is 4.74 Å². The third-order valence-electron chi connectivity index (χ3n) is 4.71. The summed E-state index contributed by atoms with van der Waals surface area (Å²) in [6.45, 7) is 3.10. The molecule has 3 aromatic rings. The van der Waals surface area contributed by atoms with Crippen LogP contribution in [-0.2, 0) is 19.4 Å². The third kappa shape index (κ3) is 3.18. The van der Waals surface area contributed by atoms with Crippen LogP contribution in [0.3, 0.4) is 0 Å². The topological polar surface area (TPSA) is 44.1 Å². The molecular weight excluding hydrogens is 356 g/mol. The predicted molar refractivity (Wildman–Crippen MR) is 102 cm³/mol. The van der Waals surface area contributed by atoms with Gasteiger partial charge >= 0.3 is 0 Å². The highest BCUT2D eigenvalue weighted by molar-refractivity contribution is 7.18. The van der Waals surface area contributed by atoms with E-state index in [0.717, 1.165) is 29.5 Å². The number of aromatic nitrogens is 2. The van der Waals surface area contributed by atoms with Crippen LogP contribution in [0.1, 0.15) is 23.8 Å². The Morgan fingerprint density at radius 3 is 3.08 bits per heavy atom. The zero-order valence-corrected chi connectivity index (χ0v) is 15.6. The number of hydrogen-bond donors (Lipinski definition) is 0. The first-order chi connectivity index (χ1) is 12.1. The summed E-state index contributed by atoms with van der Waals surface area (Å²) in [5, 5.41) is 1.39. The van der Waals surface area contributed by atoms with Gasteiger partial charge in [-0.05, 0) is 42.9 Å². The average molecular weight is 375 g/mol. The quantitative estimate of drug-likeness (QED) is 0.683. The van der Waals surface area contributed by atoms with Crippen LogP contribution in [0.25, 0.3) is 10.2 Å². The highest BCUT2D eigenvalue weighted by Gasteiger charge is 2.23. The van der Waals surface area contributed by atoms with Crippen LogP contribution < -0.4 is 10.3 Å². The molecule has 4 rings (SSSR count). The number of fused-ring (bicyclic) bond motifs is 3. The zero-order chi connectivity index (χ0) is 17.4. The van der Waals surface area contributed by atoms with Gasteiger partial charge in [-0.2, -0.15) is 0 Å². The number of nitrogens with zero attached hydrogens (tertiary/aromatic N) is 2. The fourth-order valence-corrected chi connectivity index (χ4v) is 4.87. The molecule has 130 valence electrons. The summed E-state index contributed by atoms with van der Waals surface area (Å²) in [7, 11) is 0. The Bertz CT molecular complexity index is 979. The highest BCUT2D eigenvalue weighted by atomic mass is 35.5. The third-order valence-corrected chi connectivity index (χ3v) is 6.18. The van der Waals surface area contributed by atoms with Gasteiger partial charge in [0.15, 0.2) is 0 Å². The molecule has 25 heavy (non-hydrogen) atoms. The van der Waals surface area contributed by atoms with E-state index in [9.17, 15) is 4.79 Å². The van der Waals surface area contributed by atoms with E-state index in [0.29, 0.717) is 29.8 Å². The molecule has 0 radical (unpaired) electrons. The maximum atomic E-state index is 12.9. The molecule has 0 saturated heterocycles. The standard InChI is InChI=1S/C19H19ClN2O2S/c1-12-6-7-13-16(10-12)25-18-17(13)19(23)22(11-21-18)8-9-24-15-5-3-2-4-14(15)20/h2-5,11-12H,6-10H2,1H3/t12-/m1/s1. The van der Waals surface area contributed by atoms with Crippen molar-refractivity contribution >= 4 is 33.2 Å². The average Bonchev–Trinajstić information content (AvgIpc) is 2.96. The van der Waals surface area contributed by atoms with Crippen LogP contribution in [0, 0.1) is 5.92 Å². The second-order valence-electron chi connectivity index (χ2n) is 6.55. The summed E-state index contributed by atoms with van der Waals surface area (Å²) in [6, 6.07) is 7.34. The van der Waals surface area contributed by atoms with Crippen molar-refractivity contribution in [2.75, 3.05) is 6.61 Å². The Kier molecular flexibility index (Phi) is 4.52. The van der Waals surface area contributed by atoms with Crippen molar-refractivity contribution in [2.45, 2.75) is 32.7 Å². The summed E-state index contributed by atoms with van der Waals surface area (Å²) >= 11 is 7.76. The molecule has 2 aromatic heterocycles. The highest BCUT2D eigenvalue weighted by Crippen LogP contribution is 2.35. The minimum atomic E-state index is 0.0415. The molecule has 0 fully saturated rings. The molecule has 6 heteroatoms. The van der Waals surface area contributed by atoms with Gasteiger partial charge in [-0.1, -0.05) is 30.7 Å².